The maximum Gasteiger partial charge on any atom is 0.271 e. The summed E-state index contributed by atoms with van der Waals surface area (Å²) < 4.78 is 1.70. The lowest BCUT2D eigenvalue weighted by Gasteiger charge is -2.29. The van der Waals surface area contributed by atoms with Crippen LogP contribution in [0.25, 0.3) is 5.69 Å². The van der Waals surface area contributed by atoms with Crippen LogP contribution in [0.5, 0.6) is 0 Å². The molecule has 1 amide bonds. The first-order valence-corrected chi connectivity index (χ1v) is 8.52. The Kier molecular flexibility index (Phi) is 5.61. The van der Waals surface area contributed by atoms with Crippen molar-refractivity contribution in [3.05, 3.63) is 48.3 Å². The van der Waals surface area contributed by atoms with Crippen LogP contribution < -0.4 is 5.32 Å². The number of hydrogen-bond donors (Lipinski definition) is 2. The molecule has 3 rings (SSSR count). The minimum Gasteiger partial charge on any atom is -0.393 e. The van der Waals surface area contributed by atoms with Gasteiger partial charge in [-0.25, -0.2) is 4.68 Å². The van der Waals surface area contributed by atoms with Gasteiger partial charge in [-0.15, -0.1) is 0 Å². The molecule has 0 bridgehead atoms. The molecule has 6 nitrogen and oxygen atoms in total. The number of aliphatic hydroxyl groups is 1. The highest BCUT2D eigenvalue weighted by Gasteiger charge is 2.16. The van der Waals surface area contributed by atoms with Crippen LogP contribution >= 0.6 is 0 Å². The normalized spacial score (nSPS) is 16.2. The Morgan fingerprint density at radius 2 is 1.96 bits per heavy atom. The Bertz CT molecular complexity index is 648. The van der Waals surface area contributed by atoms with Crippen molar-refractivity contribution >= 4 is 5.91 Å². The number of rotatable bonds is 6. The molecule has 0 unspecified atom stereocenters. The molecule has 0 radical (unpaired) electrons. The Balaban J connectivity index is 1.42. The quantitative estimate of drug-likeness (QED) is 0.788. The van der Waals surface area contributed by atoms with E-state index in [1.807, 2.05) is 30.3 Å². The van der Waals surface area contributed by atoms with Gasteiger partial charge in [0, 0.05) is 25.8 Å². The van der Waals surface area contributed by atoms with E-state index in [1.54, 1.807) is 16.9 Å². The van der Waals surface area contributed by atoms with Gasteiger partial charge in [-0.05, 0) is 44.0 Å². The minimum atomic E-state index is -0.140. The number of nitrogens with one attached hydrogen (secondary N) is 1. The van der Waals surface area contributed by atoms with Gasteiger partial charge in [0.2, 0.25) is 0 Å². The van der Waals surface area contributed by atoms with Crippen molar-refractivity contribution in [2.75, 3.05) is 26.2 Å². The summed E-state index contributed by atoms with van der Waals surface area (Å²) in [5, 5.41) is 16.7. The van der Waals surface area contributed by atoms with Gasteiger partial charge >= 0.3 is 0 Å². The molecule has 2 heterocycles. The zero-order chi connectivity index (χ0) is 16.8. The van der Waals surface area contributed by atoms with Crippen LogP contribution in [0.4, 0.5) is 0 Å². The molecule has 1 aliphatic rings. The molecule has 6 heteroatoms. The van der Waals surface area contributed by atoms with E-state index in [4.69, 9.17) is 0 Å². The lowest BCUT2D eigenvalue weighted by Crippen LogP contribution is -2.37. The zero-order valence-corrected chi connectivity index (χ0v) is 13.8. The number of likely N-dealkylation sites (tertiary alicyclic amines) is 1. The molecule has 128 valence electrons. The van der Waals surface area contributed by atoms with Gasteiger partial charge in [0.1, 0.15) is 0 Å². The van der Waals surface area contributed by atoms with E-state index < -0.39 is 0 Å². The molecule has 1 saturated heterocycles. The summed E-state index contributed by atoms with van der Waals surface area (Å²) in [6.07, 6.45) is 4.26. The maximum atomic E-state index is 12.1. The minimum absolute atomic E-state index is 0.138. The fourth-order valence-electron chi connectivity index (χ4n) is 2.91. The number of aliphatic hydroxyl groups excluding tert-OH is 1. The topological polar surface area (TPSA) is 70.4 Å². The highest BCUT2D eigenvalue weighted by molar-refractivity contribution is 5.92. The van der Waals surface area contributed by atoms with Gasteiger partial charge in [-0.3, -0.25) is 4.79 Å². The molecular formula is C18H24N4O2. The average molecular weight is 328 g/mol. The smallest absolute Gasteiger partial charge is 0.271 e. The van der Waals surface area contributed by atoms with Crippen molar-refractivity contribution in [2.45, 2.75) is 25.4 Å². The Morgan fingerprint density at radius 3 is 2.71 bits per heavy atom. The van der Waals surface area contributed by atoms with Crippen LogP contribution in [0.15, 0.2) is 42.6 Å². The third kappa shape index (κ3) is 4.43. The molecule has 0 atom stereocenters. The van der Waals surface area contributed by atoms with Gasteiger partial charge < -0.3 is 15.3 Å². The summed E-state index contributed by atoms with van der Waals surface area (Å²) in [7, 11) is 0. The number of hydrogen-bond acceptors (Lipinski definition) is 4. The molecule has 2 N–H and O–H groups in total. The van der Waals surface area contributed by atoms with Crippen LogP contribution in [0.3, 0.4) is 0 Å². The van der Waals surface area contributed by atoms with Crippen LogP contribution in [0, 0.1) is 0 Å². The number of piperidine rings is 1. The van der Waals surface area contributed by atoms with Crippen LogP contribution in [0.2, 0.25) is 0 Å². The fraction of sp³-hybridized carbons (Fsp3) is 0.444. The van der Waals surface area contributed by atoms with E-state index >= 15 is 0 Å². The van der Waals surface area contributed by atoms with Crippen LogP contribution in [-0.4, -0.2) is 58.0 Å². The van der Waals surface area contributed by atoms with Crippen molar-refractivity contribution in [3.8, 4) is 5.69 Å². The number of aromatic nitrogens is 2. The largest absolute Gasteiger partial charge is 0.393 e. The van der Waals surface area contributed by atoms with Gasteiger partial charge in [-0.2, -0.15) is 5.10 Å². The second-order valence-electron chi connectivity index (χ2n) is 6.16. The number of amides is 1. The lowest BCUT2D eigenvalue weighted by atomic mass is 10.1. The first-order valence-electron chi connectivity index (χ1n) is 8.52. The number of nitrogens with zero attached hydrogens (tertiary/aromatic N) is 3. The van der Waals surface area contributed by atoms with Gasteiger partial charge in [-0.1, -0.05) is 18.2 Å². The van der Waals surface area contributed by atoms with Gasteiger partial charge in [0.25, 0.3) is 5.91 Å². The second kappa shape index (κ2) is 8.08. The molecule has 1 aliphatic heterocycles. The van der Waals surface area contributed by atoms with E-state index in [-0.39, 0.29) is 12.0 Å². The van der Waals surface area contributed by atoms with E-state index in [1.165, 1.54) is 0 Å². The average Bonchev–Trinajstić information content (AvgIpc) is 3.11. The van der Waals surface area contributed by atoms with Gasteiger partial charge in [0.15, 0.2) is 5.69 Å². The van der Waals surface area contributed by atoms with Crippen molar-refractivity contribution in [1.29, 1.82) is 0 Å². The lowest BCUT2D eigenvalue weighted by molar-refractivity contribution is 0.0816. The Morgan fingerprint density at radius 1 is 1.21 bits per heavy atom. The first kappa shape index (κ1) is 16.7. The predicted molar refractivity (Wildman–Crippen MR) is 92.2 cm³/mol. The molecule has 1 fully saturated rings. The monoisotopic (exact) mass is 328 g/mol. The standard InChI is InChI=1S/C18H24N4O2/c23-16-7-12-21(13-8-16)11-4-10-19-18(24)17-9-14-22(20-17)15-5-2-1-3-6-15/h1-3,5-6,9,14,16,23H,4,7-8,10-13H2,(H,19,24). The summed E-state index contributed by atoms with van der Waals surface area (Å²) in [6.45, 7) is 3.47. The maximum absolute atomic E-state index is 12.1. The number of para-hydroxylation sites is 1. The van der Waals surface area contributed by atoms with Crippen LogP contribution in [-0.2, 0) is 0 Å². The number of benzene rings is 1. The zero-order valence-electron chi connectivity index (χ0n) is 13.8. The molecule has 24 heavy (non-hydrogen) atoms. The van der Waals surface area contributed by atoms with E-state index in [0.29, 0.717) is 12.2 Å². The molecule has 0 spiro atoms. The highest BCUT2D eigenvalue weighted by Crippen LogP contribution is 2.10. The van der Waals surface area contributed by atoms with Crippen molar-refractivity contribution in [3.63, 3.8) is 0 Å². The Labute approximate surface area is 142 Å². The summed E-state index contributed by atoms with van der Waals surface area (Å²) >= 11 is 0. The molecular weight excluding hydrogens is 304 g/mol. The van der Waals surface area contributed by atoms with Gasteiger partial charge in [0.05, 0.1) is 11.8 Å². The first-order chi connectivity index (χ1) is 11.7. The number of carbonyl (C=O) groups excluding carboxylic acids is 1. The summed E-state index contributed by atoms with van der Waals surface area (Å²) in [4.78, 5) is 14.5. The van der Waals surface area contributed by atoms with E-state index in [9.17, 15) is 9.90 Å². The third-order valence-corrected chi connectivity index (χ3v) is 4.34. The fourth-order valence-corrected chi connectivity index (χ4v) is 2.91. The summed E-state index contributed by atoms with van der Waals surface area (Å²) in [6, 6.07) is 11.5. The summed E-state index contributed by atoms with van der Waals surface area (Å²) in [5.41, 5.74) is 1.36. The molecule has 0 aliphatic carbocycles. The Hall–Kier alpha value is -2.18. The summed E-state index contributed by atoms with van der Waals surface area (Å²) in [5.74, 6) is -0.140. The molecule has 1 aromatic heterocycles. The SMILES string of the molecule is O=C(NCCCN1CCC(O)CC1)c1ccn(-c2ccccc2)n1. The van der Waals surface area contributed by atoms with Crippen molar-refractivity contribution in [1.82, 2.24) is 20.0 Å². The molecule has 1 aromatic carbocycles. The predicted octanol–water partition coefficient (Wildman–Crippen LogP) is 1.45. The second-order valence-corrected chi connectivity index (χ2v) is 6.16. The third-order valence-electron chi connectivity index (χ3n) is 4.34. The van der Waals surface area contributed by atoms with Crippen molar-refractivity contribution in [2.24, 2.45) is 0 Å². The van der Waals surface area contributed by atoms with Crippen LogP contribution in [0.1, 0.15) is 29.8 Å². The number of carbonyl (C=O) groups is 1. The molecule has 0 saturated carbocycles. The van der Waals surface area contributed by atoms with E-state index in [0.717, 1.165) is 44.6 Å². The van der Waals surface area contributed by atoms with E-state index in [2.05, 4.69) is 15.3 Å². The highest BCUT2D eigenvalue weighted by atomic mass is 16.3. The van der Waals surface area contributed by atoms with Crippen molar-refractivity contribution < 1.29 is 9.90 Å². The molecule has 2 aromatic rings.